The number of benzene rings is 1. The lowest BCUT2D eigenvalue weighted by atomic mass is 10.0. The molecule has 0 bridgehead atoms. The second-order valence-electron chi connectivity index (χ2n) is 5.47. The molecule has 2 heterocycles. The molecule has 1 fully saturated rings. The highest BCUT2D eigenvalue weighted by atomic mass is 32.2. The Labute approximate surface area is 119 Å². The number of sulfonamides is 1. The van der Waals surface area contributed by atoms with Gasteiger partial charge >= 0.3 is 0 Å². The number of anilines is 1. The third-order valence-corrected chi connectivity index (χ3v) is 5.59. The van der Waals surface area contributed by atoms with E-state index in [1.807, 2.05) is 13.0 Å². The molecular formula is C14H20N2O3S. The molecule has 0 aromatic heterocycles. The summed E-state index contributed by atoms with van der Waals surface area (Å²) in [5, 5.41) is 3.20. The minimum absolute atomic E-state index is 0.124. The van der Waals surface area contributed by atoms with Gasteiger partial charge in [0, 0.05) is 31.3 Å². The zero-order valence-electron chi connectivity index (χ0n) is 11.6. The van der Waals surface area contributed by atoms with Crippen LogP contribution < -0.4 is 10.0 Å². The molecule has 1 aromatic rings. The molecule has 0 amide bonds. The number of fused-ring (bicyclic) bond motifs is 1. The highest BCUT2D eigenvalue weighted by molar-refractivity contribution is 7.89. The van der Waals surface area contributed by atoms with E-state index in [4.69, 9.17) is 4.74 Å². The summed E-state index contributed by atoms with van der Waals surface area (Å²) in [6.07, 6.45) is 1.99. The molecule has 2 atom stereocenters. The van der Waals surface area contributed by atoms with Crippen LogP contribution in [-0.4, -0.2) is 34.2 Å². The lowest BCUT2D eigenvalue weighted by molar-refractivity contribution is 0.107. The van der Waals surface area contributed by atoms with Crippen molar-refractivity contribution in [2.45, 2.75) is 30.8 Å². The monoisotopic (exact) mass is 296 g/mol. The fraction of sp³-hybridized carbons (Fsp3) is 0.571. The Hall–Kier alpha value is -1.11. The van der Waals surface area contributed by atoms with E-state index in [9.17, 15) is 8.42 Å². The van der Waals surface area contributed by atoms with Gasteiger partial charge in [0.1, 0.15) is 0 Å². The summed E-state index contributed by atoms with van der Waals surface area (Å²) in [7, 11) is -3.44. The molecule has 1 saturated heterocycles. The second kappa shape index (κ2) is 5.35. The Kier molecular flexibility index (Phi) is 3.70. The van der Waals surface area contributed by atoms with Gasteiger partial charge in [0.25, 0.3) is 0 Å². The summed E-state index contributed by atoms with van der Waals surface area (Å²) in [6.45, 7) is 4.03. The van der Waals surface area contributed by atoms with Crippen LogP contribution in [0.15, 0.2) is 23.1 Å². The number of hydrogen-bond donors (Lipinski definition) is 2. The molecule has 20 heavy (non-hydrogen) atoms. The van der Waals surface area contributed by atoms with E-state index < -0.39 is 10.0 Å². The zero-order chi connectivity index (χ0) is 14.2. The fourth-order valence-electron chi connectivity index (χ4n) is 2.78. The largest absolute Gasteiger partial charge is 0.384 e. The van der Waals surface area contributed by atoms with Crippen molar-refractivity contribution < 1.29 is 13.2 Å². The van der Waals surface area contributed by atoms with Crippen molar-refractivity contribution in [2.75, 3.05) is 25.0 Å². The van der Waals surface area contributed by atoms with Crippen LogP contribution in [0.3, 0.4) is 0 Å². The third kappa shape index (κ3) is 2.68. The van der Waals surface area contributed by atoms with Crippen LogP contribution in [0, 0.1) is 5.92 Å². The first kappa shape index (κ1) is 13.9. The van der Waals surface area contributed by atoms with Gasteiger partial charge in [-0.15, -0.1) is 0 Å². The van der Waals surface area contributed by atoms with Gasteiger partial charge < -0.3 is 10.1 Å². The molecule has 6 heteroatoms. The van der Waals surface area contributed by atoms with Gasteiger partial charge in [0.05, 0.1) is 11.0 Å². The summed E-state index contributed by atoms with van der Waals surface area (Å²) in [5.74, 6) is 0.261. The van der Waals surface area contributed by atoms with Crippen LogP contribution in [0.1, 0.15) is 18.9 Å². The van der Waals surface area contributed by atoms with E-state index in [1.165, 1.54) is 5.56 Å². The Bertz CT molecular complexity index is 600. The predicted molar refractivity (Wildman–Crippen MR) is 77.3 cm³/mol. The molecule has 5 nitrogen and oxygen atoms in total. The summed E-state index contributed by atoms with van der Waals surface area (Å²) >= 11 is 0. The van der Waals surface area contributed by atoms with Crippen molar-refractivity contribution in [1.82, 2.24) is 4.72 Å². The van der Waals surface area contributed by atoms with Gasteiger partial charge in [0.2, 0.25) is 10.0 Å². The van der Waals surface area contributed by atoms with Crippen molar-refractivity contribution >= 4 is 15.7 Å². The SMILES string of the molecule is CC1OCCC1CNS(=O)(=O)c1ccc2c(c1)NCC2. The molecule has 0 saturated carbocycles. The van der Waals surface area contributed by atoms with Gasteiger partial charge in [-0.1, -0.05) is 6.07 Å². The molecule has 110 valence electrons. The lowest BCUT2D eigenvalue weighted by Gasteiger charge is -2.15. The molecule has 2 aliphatic rings. The summed E-state index contributed by atoms with van der Waals surface area (Å²) in [4.78, 5) is 0.331. The molecule has 2 unspecified atom stereocenters. The van der Waals surface area contributed by atoms with Gasteiger partial charge in [-0.25, -0.2) is 13.1 Å². The third-order valence-electron chi connectivity index (χ3n) is 4.17. The van der Waals surface area contributed by atoms with Crippen LogP contribution in [0.25, 0.3) is 0 Å². The van der Waals surface area contributed by atoms with E-state index in [2.05, 4.69) is 10.0 Å². The Balaban J connectivity index is 1.71. The Morgan fingerprint density at radius 3 is 3.05 bits per heavy atom. The van der Waals surface area contributed by atoms with Gasteiger partial charge in [0.15, 0.2) is 0 Å². The molecule has 2 N–H and O–H groups in total. The first-order valence-electron chi connectivity index (χ1n) is 7.04. The quantitative estimate of drug-likeness (QED) is 0.880. The highest BCUT2D eigenvalue weighted by Gasteiger charge is 2.26. The van der Waals surface area contributed by atoms with E-state index in [0.29, 0.717) is 11.4 Å². The van der Waals surface area contributed by atoms with E-state index in [1.54, 1.807) is 12.1 Å². The number of ether oxygens (including phenoxy) is 1. The predicted octanol–water partition coefficient (Wildman–Crippen LogP) is 1.36. The van der Waals surface area contributed by atoms with E-state index in [-0.39, 0.29) is 12.0 Å². The van der Waals surface area contributed by atoms with Crippen molar-refractivity contribution in [1.29, 1.82) is 0 Å². The van der Waals surface area contributed by atoms with Crippen molar-refractivity contribution in [3.8, 4) is 0 Å². The smallest absolute Gasteiger partial charge is 0.240 e. The topological polar surface area (TPSA) is 67.4 Å². The first-order chi connectivity index (χ1) is 9.56. The maximum atomic E-state index is 12.3. The molecule has 3 rings (SSSR count). The van der Waals surface area contributed by atoms with E-state index in [0.717, 1.165) is 31.7 Å². The minimum Gasteiger partial charge on any atom is -0.384 e. The normalized spacial score (nSPS) is 25.4. The van der Waals surface area contributed by atoms with Gasteiger partial charge in [-0.2, -0.15) is 0 Å². The molecule has 2 aliphatic heterocycles. The van der Waals surface area contributed by atoms with E-state index >= 15 is 0 Å². The summed E-state index contributed by atoms with van der Waals surface area (Å²) in [6, 6.07) is 5.30. The Morgan fingerprint density at radius 1 is 1.45 bits per heavy atom. The molecule has 0 radical (unpaired) electrons. The first-order valence-corrected chi connectivity index (χ1v) is 8.52. The van der Waals surface area contributed by atoms with Crippen LogP contribution in [0.2, 0.25) is 0 Å². The van der Waals surface area contributed by atoms with Crippen molar-refractivity contribution in [2.24, 2.45) is 5.92 Å². The van der Waals surface area contributed by atoms with Crippen molar-refractivity contribution in [3.05, 3.63) is 23.8 Å². The van der Waals surface area contributed by atoms with Gasteiger partial charge in [-0.3, -0.25) is 0 Å². The fourth-order valence-corrected chi connectivity index (χ4v) is 3.90. The Morgan fingerprint density at radius 2 is 2.30 bits per heavy atom. The summed E-state index contributed by atoms with van der Waals surface area (Å²) < 4.78 is 32.8. The summed E-state index contributed by atoms with van der Waals surface area (Å²) in [5.41, 5.74) is 2.12. The maximum Gasteiger partial charge on any atom is 0.240 e. The molecule has 1 aromatic carbocycles. The maximum absolute atomic E-state index is 12.3. The van der Waals surface area contributed by atoms with Crippen LogP contribution in [0.5, 0.6) is 0 Å². The minimum atomic E-state index is -3.44. The standard InChI is InChI=1S/C14H20N2O3S/c1-10-12(5-7-19-10)9-16-20(17,18)13-3-2-11-4-6-15-14(11)8-13/h2-3,8,10,12,15-16H,4-7,9H2,1H3. The highest BCUT2D eigenvalue weighted by Crippen LogP contribution is 2.26. The number of hydrogen-bond acceptors (Lipinski definition) is 4. The lowest BCUT2D eigenvalue weighted by Crippen LogP contribution is -2.32. The van der Waals surface area contributed by atoms with Crippen molar-refractivity contribution in [3.63, 3.8) is 0 Å². The average molecular weight is 296 g/mol. The second-order valence-corrected chi connectivity index (χ2v) is 7.24. The van der Waals surface area contributed by atoms with Crippen LogP contribution in [-0.2, 0) is 21.2 Å². The molecule has 0 aliphatic carbocycles. The van der Waals surface area contributed by atoms with Crippen LogP contribution in [0.4, 0.5) is 5.69 Å². The van der Waals surface area contributed by atoms with Gasteiger partial charge in [-0.05, 0) is 37.5 Å². The molecule has 0 spiro atoms. The zero-order valence-corrected chi connectivity index (χ0v) is 12.4. The van der Waals surface area contributed by atoms with Crippen LogP contribution >= 0.6 is 0 Å². The average Bonchev–Trinajstić information content (AvgIpc) is 3.04. The number of nitrogens with one attached hydrogen (secondary N) is 2. The number of rotatable bonds is 4. The molecular weight excluding hydrogens is 276 g/mol.